The molecule has 1 unspecified atom stereocenters. The molecule has 1 rings (SSSR count). The molecule has 2 atom stereocenters. The van der Waals surface area contributed by atoms with Crippen molar-refractivity contribution < 1.29 is 14.7 Å². The van der Waals surface area contributed by atoms with Gasteiger partial charge in [-0.3, -0.25) is 4.79 Å². The molecule has 5 heteroatoms. The minimum atomic E-state index is -0.962. The summed E-state index contributed by atoms with van der Waals surface area (Å²) in [4.78, 5) is 22.5. The number of aliphatic carboxylic acids is 1. The van der Waals surface area contributed by atoms with Crippen LogP contribution < -0.4 is 10.6 Å². The second kappa shape index (κ2) is 6.59. The Bertz CT molecular complexity index is 273. The van der Waals surface area contributed by atoms with Gasteiger partial charge in [0.2, 0.25) is 5.91 Å². The summed E-state index contributed by atoms with van der Waals surface area (Å²) in [6.07, 6.45) is 2.37. The molecule has 1 aliphatic heterocycles. The summed E-state index contributed by atoms with van der Waals surface area (Å²) in [5.74, 6) is -0.651. The Morgan fingerprint density at radius 3 is 2.65 bits per heavy atom. The molecule has 0 saturated carbocycles. The van der Waals surface area contributed by atoms with Gasteiger partial charge in [0.25, 0.3) is 0 Å². The zero-order chi connectivity index (χ0) is 12.8. The van der Waals surface area contributed by atoms with Gasteiger partial charge in [0.15, 0.2) is 0 Å². The molecular weight excluding hydrogens is 220 g/mol. The van der Waals surface area contributed by atoms with Gasteiger partial charge in [-0.15, -0.1) is 0 Å². The van der Waals surface area contributed by atoms with Crippen molar-refractivity contribution in [3.8, 4) is 0 Å². The van der Waals surface area contributed by atoms with E-state index in [0.29, 0.717) is 12.3 Å². The molecule has 98 valence electrons. The molecule has 0 radical (unpaired) electrons. The number of carboxylic acids is 1. The summed E-state index contributed by atoms with van der Waals surface area (Å²) in [5, 5.41) is 14.8. The molecule has 1 saturated heterocycles. The zero-order valence-corrected chi connectivity index (χ0v) is 10.5. The topological polar surface area (TPSA) is 78.4 Å². The van der Waals surface area contributed by atoms with E-state index in [1.165, 1.54) is 0 Å². The number of carbonyl (C=O) groups excluding carboxylic acids is 1. The third-order valence-corrected chi connectivity index (χ3v) is 3.19. The first kappa shape index (κ1) is 14.0. The van der Waals surface area contributed by atoms with E-state index in [-0.39, 0.29) is 11.8 Å². The first-order valence-electron chi connectivity index (χ1n) is 6.23. The van der Waals surface area contributed by atoms with Crippen molar-refractivity contribution in [1.29, 1.82) is 0 Å². The van der Waals surface area contributed by atoms with Crippen molar-refractivity contribution in [1.82, 2.24) is 10.6 Å². The molecule has 1 heterocycles. The highest BCUT2D eigenvalue weighted by atomic mass is 16.4. The maximum atomic E-state index is 11.6. The van der Waals surface area contributed by atoms with Crippen LogP contribution in [0.1, 0.15) is 33.1 Å². The van der Waals surface area contributed by atoms with E-state index in [2.05, 4.69) is 10.6 Å². The van der Waals surface area contributed by atoms with Crippen LogP contribution >= 0.6 is 0 Å². The van der Waals surface area contributed by atoms with Gasteiger partial charge < -0.3 is 15.7 Å². The Morgan fingerprint density at radius 2 is 2.18 bits per heavy atom. The van der Waals surface area contributed by atoms with Crippen LogP contribution in [0.15, 0.2) is 0 Å². The maximum Gasteiger partial charge on any atom is 0.326 e. The Morgan fingerprint density at radius 1 is 1.47 bits per heavy atom. The standard InChI is InChI=1S/C12H22N2O3/c1-8(2)11(12(16)17)14-10(15)4-3-9-5-6-13-7-9/h8-9,11,13H,3-7H2,1-2H3,(H,14,15)(H,16,17)/t9?,11-/m1/s1. The molecule has 0 spiro atoms. The van der Waals surface area contributed by atoms with E-state index < -0.39 is 12.0 Å². The van der Waals surface area contributed by atoms with Crippen LogP contribution in [0.4, 0.5) is 0 Å². The van der Waals surface area contributed by atoms with E-state index in [4.69, 9.17) is 5.11 Å². The summed E-state index contributed by atoms with van der Waals surface area (Å²) in [7, 11) is 0. The van der Waals surface area contributed by atoms with Gasteiger partial charge in [-0.1, -0.05) is 13.8 Å². The van der Waals surface area contributed by atoms with Gasteiger partial charge in [-0.05, 0) is 37.8 Å². The number of hydrogen-bond acceptors (Lipinski definition) is 3. The normalized spacial score (nSPS) is 21.5. The second-order valence-electron chi connectivity index (χ2n) is 5.02. The van der Waals surface area contributed by atoms with Crippen LogP contribution in [0, 0.1) is 11.8 Å². The van der Waals surface area contributed by atoms with Gasteiger partial charge in [0.1, 0.15) is 6.04 Å². The lowest BCUT2D eigenvalue weighted by molar-refractivity contribution is -0.143. The summed E-state index contributed by atoms with van der Waals surface area (Å²) < 4.78 is 0. The Labute approximate surface area is 102 Å². The van der Waals surface area contributed by atoms with Crippen LogP contribution in [0.25, 0.3) is 0 Å². The highest BCUT2D eigenvalue weighted by Crippen LogP contribution is 2.14. The van der Waals surface area contributed by atoms with Crippen molar-refractivity contribution in [2.24, 2.45) is 11.8 Å². The second-order valence-corrected chi connectivity index (χ2v) is 5.02. The van der Waals surface area contributed by atoms with Crippen molar-refractivity contribution in [3.63, 3.8) is 0 Å². The van der Waals surface area contributed by atoms with Crippen LogP contribution in [0.3, 0.4) is 0 Å². The Hall–Kier alpha value is -1.10. The number of amides is 1. The summed E-state index contributed by atoms with van der Waals surface area (Å²) in [5.41, 5.74) is 0. The van der Waals surface area contributed by atoms with Crippen molar-refractivity contribution in [3.05, 3.63) is 0 Å². The smallest absolute Gasteiger partial charge is 0.326 e. The highest BCUT2D eigenvalue weighted by Gasteiger charge is 2.24. The molecule has 0 aromatic carbocycles. The van der Waals surface area contributed by atoms with Gasteiger partial charge in [0.05, 0.1) is 0 Å². The zero-order valence-electron chi connectivity index (χ0n) is 10.5. The van der Waals surface area contributed by atoms with E-state index in [0.717, 1.165) is 25.9 Å². The molecule has 17 heavy (non-hydrogen) atoms. The van der Waals surface area contributed by atoms with Crippen LogP contribution in [-0.4, -0.2) is 36.1 Å². The quantitative estimate of drug-likeness (QED) is 0.637. The lowest BCUT2D eigenvalue weighted by atomic mass is 10.0. The molecular formula is C12H22N2O3. The van der Waals surface area contributed by atoms with Gasteiger partial charge >= 0.3 is 5.97 Å². The molecule has 1 amide bonds. The average Bonchev–Trinajstić information content (AvgIpc) is 2.74. The maximum absolute atomic E-state index is 11.6. The lowest BCUT2D eigenvalue weighted by Gasteiger charge is -2.18. The van der Waals surface area contributed by atoms with Gasteiger partial charge in [-0.25, -0.2) is 4.79 Å². The predicted octanol–water partition coefficient (Wildman–Crippen LogP) is 0.601. The molecule has 0 aliphatic carbocycles. The Kier molecular flexibility index (Phi) is 5.41. The molecule has 1 fully saturated rings. The minimum Gasteiger partial charge on any atom is -0.480 e. The molecule has 5 nitrogen and oxygen atoms in total. The molecule has 0 bridgehead atoms. The van der Waals surface area contributed by atoms with E-state index in [1.807, 2.05) is 0 Å². The Balaban J connectivity index is 2.29. The number of carboxylic acid groups (broad SMARTS) is 1. The molecule has 3 N–H and O–H groups in total. The van der Waals surface area contributed by atoms with Crippen LogP contribution in [0.2, 0.25) is 0 Å². The number of hydrogen-bond donors (Lipinski definition) is 3. The monoisotopic (exact) mass is 242 g/mol. The number of rotatable bonds is 6. The summed E-state index contributed by atoms with van der Waals surface area (Å²) in [6.45, 7) is 5.58. The SMILES string of the molecule is CC(C)[C@@H](NC(=O)CCC1CCNC1)C(=O)O. The lowest BCUT2D eigenvalue weighted by Crippen LogP contribution is -2.44. The fourth-order valence-corrected chi connectivity index (χ4v) is 2.06. The van der Waals surface area contributed by atoms with Gasteiger partial charge in [0, 0.05) is 6.42 Å². The first-order chi connectivity index (χ1) is 8.00. The molecule has 0 aromatic rings. The van der Waals surface area contributed by atoms with E-state index >= 15 is 0 Å². The first-order valence-corrected chi connectivity index (χ1v) is 6.23. The molecule has 1 aliphatic rings. The third kappa shape index (κ3) is 4.73. The van der Waals surface area contributed by atoms with E-state index in [1.54, 1.807) is 13.8 Å². The van der Waals surface area contributed by atoms with Crippen molar-refractivity contribution in [2.45, 2.75) is 39.2 Å². The largest absolute Gasteiger partial charge is 0.480 e. The highest BCUT2D eigenvalue weighted by molar-refractivity contribution is 5.83. The average molecular weight is 242 g/mol. The van der Waals surface area contributed by atoms with Crippen LogP contribution in [0.5, 0.6) is 0 Å². The predicted molar refractivity (Wildman–Crippen MR) is 64.6 cm³/mol. The molecule has 0 aromatic heterocycles. The number of carbonyl (C=O) groups is 2. The summed E-state index contributed by atoms with van der Waals surface area (Å²) in [6, 6.07) is -0.774. The van der Waals surface area contributed by atoms with Crippen molar-refractivity contribution in [2.75, 3.05) is 13.1 Å². The fourth-order valence-electron chi connectivity index (χ4n) is 2.06. The summed E-state index contributed by atoms with van der Waals surface area (Å²) >= 11 is 0. The van der Waals surface area contributed by atoms with Gasteiger partial charge in [-0.2, -0.15) is 0 Å². The number of nitrogens with one attached hydrogen (secondary N) is 2. The van der Waals surface area contributed by atoms with E-state index in [9.17, 15) is 9.59 Å². The minimum absolute atomic E-state index is 0.0930. The fraction of sp³-hybridized carbons (Fsp3) is 0.833. The van der Waals surface area contributed by atoms with Crippen LogP contribution in [-0.2, 0) is 9.59 Å². The third-order valence-electron chi connectivity index (χ3n) is 3.19. The van der Waals surface area contributed by atoms with Crippen molar-refractivity contribution >= 4 is 11.9 Å².